The van der Waals surface area contributed by atoms with Crippen molar-refractivity contribution in [1.82, 2.24) is 5.32 Å². The second-order valence-corrected chi connectivity index (χ2v) is 7.62. The first-order chi connectivity index (χ1) is 12.3. The van der Waals surface area contributed by atoms with E-state index in [2.05, 4.69) is 64.2 Å². The molecule has 0 aliphatic rings. The lowest BCUT2D eigenvalue weighted by Gasteiger charge is -2.22. The van der Waals surface area contributed by atoms with Crippen molar-refractivity contribution in [1.29, 1.82) is 0 Å². The standard InChI is InChI=1S/C23H31NO2/c1-6-17-12-13-18(7-2)19(14-17)15-24-22(25)16-26-21-11-9-8-10-20(21)23(3,4)5/h8-14H,6-7,15-16H2,1-5H3,(H,24,25). The molecule has 0 bridgehead atoms. The molecule has 0 saturated carbocycles. The molecule has 3 heteroatoms. The summed E-state index contributed by atoms with van der Waals surface area (Å²) in [6.45, 7) is 11.3. The Morgan fingerprint density at radius 3 is 2.38 bits per heavy atom. The summed E-state index contributed by atoms with van der Waals surface area (Å²) in [4.78, 5) is 12.3. The third kappa shape index (κ3) is 5.35. The molecule has 0 radical (unpaired) electrons. The number of carbonyl (C=O) groups excluding carboxylic acids is 1. The Morgan fingerprint density at radius 1 is 1.00 bits per heavy atom. The van der Waals surface area contributed by atoms with Crippen LogP contribution in [0.1, 0.15) is 56.9 Å². The Kier molecular flexibility index (Phi) is 6.84. The van der Waals surface area contributed by atoms with Gasteiger partial charge in [0.15, 0.2) is 6.61 Å². The van der Waals surface area contributed by atoms with Crippen molar-refractivity contribution in [3.63, 3.8) is 0 Å². The van der Waals surface area contributed by atoms with Gasteiger partial charge in [-0.05, 0) is 46.6 Å². The third-order valence-corrected chi connectivity index (χ3v) is 4.59. The van der Waals surface area contributed by atoms with E-state index in [0.29, 0.717) is 6.54 Å². The van der Waals surface area contributed by atoms with E-state index in [1.807, 2.05) is 18.2 Å². The number of para-hydroxylation sites is 1. The molecule has 2 aromatic carbocycles. The van der Waals surface area contributed by atoms with Gasteiger partial charge in [0.05, 0.1) is 0 Å². The molecule has 26 heavy (non-hydrogen) atoms. The van der Waals surface area contributed by atoms with E-state index in [0.717, 1.165) is 24.2 Å². The van der Waals surface area contributed by atoms with Crippen LogP contribution in [0.4, 0.5) is 0 Å². The van der Waals surface area contributed by atoms with Gasteiger partial charge in [0.25, 0.3) is 5.91 Å². The number of hydrogen-bond donors (Lipinski definition) is 1. The lowest BCUT2D eigenvalue weighted by molar-refractivity contribution is -0.123. The maximum Gasteiger partial charge on any atom is 0.258 e. The minimum atomic E-state index is -0.0994. The molecular weight excluding hydrogens is 322 g/mol. The smallest absolute Gasteiger partial charge is 0.258 e. The largest absolute Gasteiger partial charge is 0.483 e. The Balaban J connectivity index is 1.97. The molecule has 2 aromatic rings. The normalized spacial score (nSPS) is 11.3. The number of benzene rings is 2. The second kappa shape index (κ2) is 8.88. The molecule has 2 rings (SSSR count). The van der Waals surface area contributed by atoms with E-state index >= 15 is 0 Å². The summed E-state index contributed by atoms with van der Waals surface area (Å²) in [5, 5.41) is 2.99. The molecule has 140 valence electrons. The Bertz CT molecular complexity index is 744. The molecule has 0 aromatic heterocycles. The van der Waals surface area contributed by atoms with E-state index in [-0.39, 0.29) is 17.9 Å². The van der Waals surface area contributed by atoms with Crippen LogP contribution >= 0.6 is 0 Å². The van der Waals surface area contributed by atoms with E-state index in [9.17, 15) is 4.79 Å². The highest BCUT2D eigenvalue weighted by Crippen LogP contribution is 2.30. The summed E-state index contributed by atoms with van der Waals surface area (Å²) in [6, 6.07) is 14.4. The van der Waals surface area contributed by atoms with Crippen molar-refractivity contribution in [3.05, 3.63) is 64.7 Å². The van der Waals surface area contributed by atoms with Crippen LogP contribution in [0.5, 0.6) is 5.75 Å². The Hall–Kier alpha value is -2.29. The fraction of sp³-hybridized carbons (Fsp3) is 0.435. The lowest BCUT2D eigenvalue weighted by atomic mass is 9.86. The van der Waals surface area contributed by atoms with Gasteiger partial charge in [0.1, 0.15) is 5.75 Å². The minimum absolute atomic E-state index is 0.0241. The lowest BCUT2D eigenvalue weighted by Crippen LogP contribution is -2.29. The van der Waals surface area contributed by atoms with Crippen LogP contribution < -0.4 is 10.1 Å². The second-order valence-electron chi connectivity index (χ2n) is 7.62. The first-order valence-corrected chi connectivity index (χ1v) is 9.44. The van der Waals surface area contributed by atoms with Crippen molar-refractivity contribution in [2.75, 3.05) is 6.61 Å². The number of ether oxygens (including phenoxy) is 1. The highest BCUT2D eigenvalue weighted by Gasteiger charge is 2.18. The molecule has 0 aliphatic heterocycles. The quantitative estimate of drug-likeness (QED) is 0.776. The molecule has 0 unspecified atom stereocenters. The predicted octanol–water partition coefficient (Wildman–Crippen LogP) is 4.80. The van der Waals surface area contributed by atoms with E-state index in [4.69, 9.17) is 4.74 Å². The van der Waals surface area contributed by atoms with Crippen LogP contribution in [0.3, 0.4) is 0 Å². The first kappa shape index (κ1) is 20.0. The zero-order chi connectivity index (χ0) is 19.2. The van der Waals surface area contributed by atoms with Gasteiger partial charge in [-0.1, -0.05) is 71.0 Å². The van der Waals surface area contributed by atoms with Crippen molar-refractivity contribution >= 4 is 5.91 Å². The molecule has 0 heterocycles. The van der Waals surface area contributed by atoms with Gasteiger partial charge >= 0.3 is 0 Å². The highest BCUT2D eigenvalue weighted by atomic mass is 16.5. The zero-order valence-electron chi connectivity index (χ0n) is 16.7. The van der Waals surface area contributed by atoms with Gasteiger partial charge in [-0.25, -0.2) is 0 Å². The van der Waals surface area contributed by atoms with Gasteiger partial charge in [0.2, 0.25) is 0 Å². The maximum atomic E-state index is 12.3. The van der Waals surface area contributed by atoms with Crippen molar-refractivity contribution < 1.29 is 9.53 Å². The first-order valence-electron chi connectivity index (χ1n) is 9.44. The number of rotatable bonds is 7. The van der Waals surface area contributed by atoms with Gasteiger partial charge in [-0.2, -0.15) is 0 Å². The van der Waals surface area contributed by atoms with Gasteiger partial charge < -0.3 is 10.1 Å². The molecule has 3 nitrogen and oxygen atoms in total. The van der Waals surface area contributed by atoms with E-state index in [1.165, 1.54) is 16.7 Å². The summed E-state index contributed by atoms with van der Waals surface area (Å²) in [5.41, 5.74) is 4.85. The van der Waals surface area contributed by atoms with Crippen LogP contribution in [-0.2, 0) is 29.6 Å². The molecule has 0 atom stereocenters. The SMILES string of the molecule is CCc1ccc(CC)c(CNC(=O)COc2ccccc2C(C)(C)C)c1. The average molecular weight is 354 g/mol. The molecule has 0 aliphatic carbocycles. The van der Waals surface area contributed by atoms with Crippen LogP contribution in [-0.4, -0.2) is 12.5 Å². The topological polar surface area (TPSA) is 38.3 Å². The Labute approximate surface area is 157 Å². The van der Waals surface area contributed by atoms with Gasteiger partial charge in [-0.15, -0.1) is 0 Å². The van der Waals surface area contributed by atoms with Gasteiger partial charge in [-0.3, -0.25) is 4.79 Å². The van der Waals surface area contributed by atoms with Crippen LogP contribution in [0.15, 0.2) is 42.5 Å². The maximum absolute atomic E-state index is 12.3. The van der Waals surface area contributed by atoms with Crippen LogP contribution in [0, 0.1) is 0 Å². The zero-order valence-corrected chi connectivity index (χ0v) is 16.7. The number of nitrogens with one attached hydrogen (secondary N) is 1. The predicted molar refractivity (Wildman–Crippen MR) is 108 cm³/mol. The van der Waals surface area contributed by atoms with E-state index < -0.39 is 0 Å². The summed E-state index contributed by atoms with van der Waals surface area (Å²) in [6.07, 6.45) is 1.96. The number of hydrogen-bond acceptors (Lipinski definition) is 2. The van der Waals surface area contributed by atoms with Crippen molar-refractivity contribution in [3.8, 4) is 5.75 Å². The fourth-order valence-electron chi connectivity index (χ4n) is 3.01. The number of aryl methyl sites for hydroxylation is 2. The molecule has 0 spiro atoms. The molecule has 1 N–H and O–H groups in total. The summed E-state index contributed by atoms with van der Waals surface area (Å²) in [5.74, 6) is 0.676. The summed E-state index contributed by atoms with van der Waals surface area (Å²) >= 11 is 0. The van der Waals surface area contributed by atoms with Crippen molar-refractivity contribution in [2.45, 2.75) is 59.4 Å². The van der Waals surface area contributed by atoms with E-state index in [1.54, 1.807) is 0 Å². The van der Waals surface area contributed by atoms with Crippen LogP contribution in [0.2, 0.25) is 0 Å². The molecule has 0 saturated heterocycles. The molecule has 1 amide bonds. The van der Waals surface area contributed by atoms with Crippen molar-refractivity contribution in [2.24, 2.45) is 0 Å². The average Bonchev–Trinajstić information content (AvgIpc) is 2.63. The van der Waals surface area contributed by atoms with Gasteiger partial charge in [0, 0.05) is 6.54 Å². The molecular formula is C23H31NO2. The molecule has 0 fully saturated rings. The monoisotopic (exact) mass is 353 g/mol. The third-order valence-electron chi connectivity index (χ3n) is 4.59. The number of amides is 1. The highest BCUT2D eigenvalue weighted by molar-refractivity contribution is 5.77. The fourth-order valence-corrected chi connectivity index (χ4v) is 3.01. The Morgan fingerprint density at radius 2 is 1.73 bits per heavy atom. The van der Waals surface area contributed by atoms with Crippen LogP contribution in [0.25, 0.3) is 0 Å². The summed E-state index contributed by atoms with van der Waals surface area (Å²) in [7, 11) is 0. The minimum Gasteiger partial charge on any atom is -0.483 e. The summed E-state index contributed by atoms with van der Waals surface area (Å²) < 4.78 is 5.80. The number of carbonyl (C=O) groups is 1.